The maximum Gasteiger partial charge on any atom is 0.406 e. The fraction of sp³-hybridized carbons (Fsp3) is 0.909. The molecule has 0 atom stereocenters. The van der Waals surface area contributed by atoms with Gasteiger partial charge in [0.25, 0.3) is 0 Å². The summed E-state index contributed by atoms with van der Waals surface area (Å²) in [5, 5.41) is 0.377. The van der Waals surface area contributed by atoms with Gasteiger partial charge >= 0.3 is 6.18 Å². The molecule has 1 saturated carbocycles. The third-order valence-corrected chi connectivity index (χ3v) is 3.35. The third-order valence-electron chi connectivity index (χ3n) is 2.99. The summed E-state index contributed by atoms with van der Waals surface area (Å²) in [5.74, 6) is -0.536. The lowest BCUT2D eigenvalue weighted by atomic mass is 9.88. The topological polar surface area (TPSA) is 20.3 Å². The van der Waals surface area contributed by atoms with Crippen molar-refractivity contribution in [1.82, 2.24) is 4.90 Å². The van der Waals surface area contributed by atoms with Crippen molar-refractivity contribution in [3.63, 3.8) is 0 Å². The Morgan fingerprint density at radius 3 is 2.29 bits per heavy atom. The van der Waals surface area contributed by atoms with Gasteiger partial charge in [0.1, 0.15) is 6.54 Å². The number of carbonyl (C=O) groups excluding carboxylic acids is 1. The third kappa shape index (κ3) is 5.27. The fourth-order valence-corrected chi connectivity index (χ4v) is 2.62. The highest BCUT2D eigenvalue weighted by atomic mass is 79.9. The molecule has 0 saturated heterocycles. The lowest BCUT2D eigenvalue weighted by molar-refractivity contribution is -0.163. The Morgan fingerprint density at radius 1 is 1.24 bits per heavy atom. The first-order valence-corrected chi connectivity index (χ1v) is 6.97. The van der Waals surface area contributed by atoms with E-state index in [0.717, 1.165) is 37.0 Å². The summed E-state index contributed by atoms with van der Waals surface area (Å²) >= 11 is 3.09. The van der Waals surface area contributed by atoms with Crippen molar-refractivity contribution in [3.05, 3.63) is 0 Å². The van der Waals surface area contributed by atoms with Gasteiger partial charge in [-0.1, -0.05) is 35.2 Å². The van der Waals surface area contributed by atoms with Crippen LogP contribution in [0.4, 0.5) is 13.2 Å². The van der Waals surface area contributed by atoms with Crippen LogP contribution in [0.3, 0.4) is 0 Å². The number of alkyl halides is 4. The summed E-state index contributed by atoms with van der Waals surface area (Å²) in [6.07, 6.45) is 0.133. The molecular formula is C11H17BrF3NO. The lowest BCUT2D eigenvalue weighted by Gasteiger charge is -2.29. The van der Waals surface area contributed by atoms with Crippen molar-refractivity contribution in [1.29, 1.82) is 0 Å². The largest absolute Gasteiger partial charge is 0.406 e. The highest BCUT2D eigenvalue weighted by Gasteiger charge is 2.35. The van der Waals surface area contributed by atoms with Crippen molar-refractivity contribution in [2.45, 2.75) is 38.3 Å². The Morgan fingerprint density at radius 2 is 1.82 bits per heavy atom. The minimum atomic E-state index is -4.31. The molecule has 100 valence electrons. The first-order valence-electron chi connectivity index (χ1n) is 5.85. The average Bonchev–Trinajstić information content (AvgIpc) is 2.27. The summed E-state index contributed by atoms with van der Waals surface area (Å²) in [6.45, 7) is -1.01. The molecule has 17 heavy (non-hydrogen) atoms. The van der Waals surface area contributed by atoms with Crippen molar-refractivity contribution in [2.75, 3.05) is 18.4 Å². The predicted octanol–water partition coefficient (Wildman–Crippen LogP) is 3.35. The standard InChI is InChI=1S/C11H17BrF3NO/c12-6-7-16(8-11(13,14)15)10(17)9-4-2-1-3-5-9/h9H,1-8H2. The molecule has 0 radical (unpaired) electrons. The van der Waals surface area contributed by atoms with Gasteiger partial charge in [-0.15, -0.1) is 0 Å². The van der Waals surface area contributed by atoms with Gasteiger partial charge in [-0.3, -0.25) is 4.79 Å². The molecule has 1 fully saturated rings. The minimum Gasteiger partial charge on any atom is -0.333 e. The predicted molar refractivity (Wildman–Crippen MR) is 63.0 cm³/mol. The molecule has 0 aliphatic heterocycles. The maximum absolute atomic E-state index is 12.3. The Hall–Kier alpha value is -0.260. The Balaban J connectivity index is 2.58. The highest BCUT2D eigenvalue weighted by molar-refractivity contribution is 9.09. The number of hydrogen-bond acceptors (Lipinski definition) is 1. The summed E-state index contributed by atoms with van der Waals surface area (Å²) in [4.78, 5) is 12.9. The second-order valence-corrected chi connectivity index (χ2v) is 5.19. The lowest BCUT2D eigenvalue weighted by Crippen LogP contribution is -2.43. The smallest absolute Gasteiger partial charge is 0.333 e. The van der Waals surface area contributed by atoms with E-state index in [0.29, 0.717) is 5.33 Å². The van der Waals surface area contributed by atoms with Crippen LogP contribution in [-0.2, 0) is 4.79 Å². The molecule has 0 aromatic rings. The van der Waals surface area contributed by atoms with Crippen molar-refractivity contribution >= 4 is 21.8 Å². The zero-order chi connectivity index (χ0) is 12.9. The van der Waals surface area contributed by atoms with Gasteiger partial charge in [0, 0.05) is 17.8 Å². The first-order chi connectivity index (χ1) is 7.94. The molecule has 0 unspecified atom stereocenters. The van der Waals surface area contributed by atoms with E-state index < -0.39 is 12.7 Å². The molecule has 1 aliphatic carbocycles. The van der Waals surface area contributed by atoms with Crippen LogP contribution in [0.25, 0.3) is 0 Å². The van der Waals surface area contributed by atoms with E-state index in [1.54, 1.807) is 0 Å². The first kappa shape index (κ1) is 14.8. The average molecular weight is 316 g/mol. The van der Waals surface area contributed by atoms with Gasteiger partial charge in [-0.25, -0.2) is 0 Å². The molecule has 0 aromatic heterocycles. The number of hydrogen-bond donors (Lipinski definition) is 0. The minimum absolute atomic E-state index is 0.120. The van der Waals surface area contributed by atoms with Crippen molar-refractivity contribution in [3.8, 4) is 0 Å². The molecule has 6 heteroatoms. The Bertz CT molecular complexity index is 252. The number of nitrogens with zero attached hydrogens (tertiary/aromatic N) is 1. The zero-order valence-electron chi connectivity index (χ0n) is 9.60. The normalized spacial score (nSPS) is 18.1. The number of halogens is 4. The molecule has 1 aliphatic rings. The van der Waals surface area contributed by atoms with Gasteiger partial charge in [0.2, 0.25) is 5.91 Å². The zero-order valence-corrected chi connectivity index (χ0v) is 11.2. The van der Waals surface area contributed by atoms with Crippen LogP contribution in [-0.4, -0.2) is 35.4 Å². The van der Waals surface area contributed by atoms with Crippen LogP contribution >= 0.6 is 15.9 Å². The molecule has 0 spiro atoms. The van der Waals surface area contributed by atoms with Gasteiger partial charge in [-0.2, -0.15) is 13.2 Å². The molecule has 1 amide bonds. The van der Waals surface area contributed by atoms with E-state index in [2.05, 4.69) is 15.9 Å². The molecule has 0 N–H and O–H groups in total. The Labute approximate surface area is 108 Å². The van der Waals surface area contributed by atoms with Gasteiger partial charge < -0.3 is 4.90 Å². The van der Waals surface area contributed by atoms with Crippen molar-refractivity contribution in [2.24, 2.45) is 5.92 Å². The van der Waals surface area contributed by atoms with Gasteiger partial charge in [-0.05, 0) is 12.8 Å². The van der Waals surface area contributed by atoms with E-state index in [1.807, 2.05) is 0 Å². The van der Waals surface area contributed by atoms with Crippen LogP contribution in [0.2, 0.25) is 0 Å². The molecular weight excluding hydrogens is 299 g/mol. The maximum atomic E-state index is 12.3. The van der Waals surface area contributed by atoms with Gasteiger partial charge in [0.15, 0.2) is 0 Å². The second-order valence-electron chi connectivity index (χ2n) is 4.40. The van der Waals surface area contributed by atoms with Gasteiger partial charge in [0.05, 0.1) is 0 Å². The molecule has 2 nitrogen and oxygen atoms in total. The molecule has 0 heterocycles. The fourth-order valence-electron chi connectivity index (χ4n) is 2.19. The van der Waals surface area contributed by atoms with Crippen LogP contribution in [0.1, 0.15) is 32.1 Å². The van der Waals surface area contributed by atoms with Crippen LogP contribution < -0.4 is 0 Å². The quantitative estimate of drug-likeness (QED) is 0.729. The monoisotopic (exact) mass is 315 g/mol. The second kappa shape index (κ2) is 6.61. The summed E-state index contributed by atoms with van der Waals surface area (Å²) in [7, 11) is 0. The molecule has 1 rings (SSSR count). The van der Waals surface area contributed by atoms with E-state index >= 15 is 0 Å². The van der Waals surface area contributed by atoms with E-state index in [4.69, 9.17) is 0 Å². The van der Waals surface area contributed by atoms with E-state index in [1.165, 1.54) is 0 Å². The summed E-state index contributed by atoms with van der Waals surface area (Å²) in [6, 6.07) is 0. The summed E-state index contributed by atoms with van der Waals surface area (Å²) in [5.41, 5.74) is 0. The van der Waals surface area contributed by atoms with E-state index in [-0.39, 0.29) is 18.4 Å². The molecule has 0 aromatic carbocycles. The number of carbonyl (C=O) groups is 1. The SMILES string of the molecule is O=C(C1CCCCC1)N(CCBr)CC(F)(F)F. The number of amides is 1. The van der Waals surface area contributed by atoms with Crippen LogP contribution in [0, 0.1) is 5.92 Å². The summed E-state index contributed by atoms with van der Waals surface area (Å²) < 4.78 is 37.0. The van der Waals surface area contributed by atoms with E-state index in [9.17, 15) is 18.0 Å². The number of rotatable bonds is 4. The van der Waals surface area contributed by atoms with Crippen LogP contribution in [0.15, 0.2) is 0 Å². The molecule has 0 bridgehead atoms. The van der Waals surface area contributed by atoms with Crippen LogP contribution in [0.5, 0.6) is 0 Å². The highest BCUT2D eigenvalue weighted by Crippen LogP contribution is 2.27. The Kier molecular flexibility index (Phi) is 5.76. The van der Waals surface area contributed by atoms with Crippen molar-refractivity contribution < 1.29 is 18.0 Å².